The standard InChI is InChI=1S/C33H51NO5/c1-21(35)39-20-30(5)24-11-14-32(7)25(29(24,4)13-12-26(30)34-37)10-9-22-23-19-28(2,3)15-17-33(23,27(36)38-8)18-16-31(22,32)6/h9,23-25,37H,10-20H2,1-8H3/b34-26-/t23?,24?,25?,29-,30-,31+,32+,33-/m0/s1. The highest BCUT2D eigenvalue weighted by atomic mass is 16.5. The number of fused-ring (bicyclic) bond motifs is 7. The third-order valence-electron chi connectivity index (χ3n) is 13.5. The fourth-order valence-electron chi connectivity index (χ4n) is 11.0. The third kappa shape index (κ3) is 3.81. The van der Waals surface area contributed by atoms with E-state index in [1.807, 2.05) is 0 Å². The van der Waals surface area contributed by atoms with Crippen LogP contribution in [0.5, 0.6) is 0 Å². The lowest BCUT2D eigenvalue weighted by molar-refractivity contribution is -0.184. The van der Waals surface area contributed by atoms with Gasteiger partial charge in [-0.2, -0.15) is 0 Å². The second kappa shape index (κ2) is 9.08. The molecular formula is C33H51NO5. The second-order valence-electron chi connectivity index (χ2n) is 15.6. The maximum absolute atomic E-state index is 13.4. The Hall–Kier alpha value is -1.85. The molecule has 0 bridgehead atoms. The molecule has 6 heteroatoms. The van der Waals surface area contributed by atoms with Crippen LogP contribution in [-0.2, 0) is 19.1 Å². The summed E-state index contributed by atoms with van der Waals surface area (Å²) in [6, 6.07) is 0. The molecule has 0 amide bonds. The number of hydrogen-bond acceptors (Lipinski definition) is 6. The molecular weight excluding hydrogens is 490 g/mol. The van der Waals surface area contributed by atoms with E-state index in [1.165, 1.54) is 12.5 Å². The SMILES string of the molecule is COC(=O)[C@]12CCC(C)(C)CC1C1=CCC3[C@@]4(C)CC/C(=N/O)[C@@](C)(COC(C)=O)C4CC[C@@]3(C)[C@]1(C)CC2. The quantitative estimate of drug-likeness (QED) is 0.175. The summed E-state index contributed by atoms with van der Waals surface area (Å²) < 4.78 is 11.1. The van der Waals surface area contributed by atoms with Crippen molar-refractivity contribution in [2.75, 3.05) is 13.7 Å². The number of ether oxygens (including phenoxy) is 2. The molecule has 5 aliphatic carbocycles. The maximum Gasteiger partial charge on any atom is 0.312 e. The van der Waals surface area contributed by atoms with Crippen LogP contribution in [-0.4, -0.2) is 36.6 Å². The normalized spacial score (nSPS) is 47.5. The monoisotopic (exact) mass is 541 g/mol. The summed E-state index contributed by atoms with van der Waals surface area (Å²) in [7, 11) is 1.57. The minimum absolute atomic E-state index is 0.00163. The summed E-state index contributed by atoms with van der Waals surface area (Å²) in [6.07, 6.45) is 12.3. The Bertz CT molecular complexity index is 1110. The Morgan fingerprint density at radius 2 is 1.69 bits per heavy atom. The lowest BCUT2D eigenvalue weighted by atomic mass is 9.33. The molecule has 0 heterocycles. The van der Waals surface area contributed by atoms with Crippen LogP contribution in [0.4, 0.5) is 0 Å². The first-order chi connectivity index (χ1) is 18.1. The molecule has 6 nitrogen and oxygen atoms in total. The number of hydrogen-bond donors (Lipinski definition) is 1. The van der Waals surface area contributed by atoms with Crippen molar-refractivity contribution in [1.29, 1.82) is 0 Å². The molecule has 0 aromatic carbocycles. The summed E-state index contributed by atoms with van der Waals surface area (Å²) in [5.41, 5.74) is 1.81. The van der Waals surface area contributed by atoms with Gasteiger partial charge in [0, 0.05) is 12.3 Å². The van der Waals surface area contributed by atoms with E-state index in [0.717, 1.165) is 69.9 Å². The largest absolute Gasteiger partial charge is 0.469 e. The van der Waals surface area contributed by atoms with E-state index < -0.39 is 5.41 Å². The third-order valence-corrected chi connectivity index (χ3v) is 13.5. The predicted molar refractivity (Wildman–Crippen MR) is 151 cm³/mol. The Labute approximate surface area is 235 Å². The van der Waals surface area contributed by atoms with Crippen molar-refractivity contribution in [3.8, 4) is 0 Å². The molecule has 4 saturated carbocycles. The molecule has 0 aromatic rings. The van der Waals surface area contributed by atoms with Crippen LogP contribution < -0.4 is 0 Å². The van der Waals surface area contributed by atoms with Crippen molar-refractivity contribution in [2.45, 2.75) is 113 Å². The molecule has 0 radical (unpaired) electrons. The molecule has 4 fully saturated rings. The van der Waals surface area contributed by atoms with E-state index in [2.05, 4.69) is 52.8 Å². The van der Waals surface area contributed by atoms with Crippen LogP contribution in [0.2, 0.25) is 0 Å². The Kier molecular flexibility index (Phi) is 6.67. The van der Waals surface area contributed by atoms with Crippen LogP contribution in [0.3, 0.4) is 0 Å². The zero-order valence-electron chi connectivity index (χ0n) is 25.6. The van der Waals surface area contributed by atoms with E-state index >= 15 is 0 Å². The molecule has 0 saturated heterocycles. The van der Waals surface area contributed by atoms with Gasteiger partial charge in [0.1, 0.15) is 6.61 Å². The highest BCUT2D eigenvalue weighted by Gasteiger charge is 2.69. The van der Waals surface area contributed by atoms with Gasteiger partial charge in [0.05, 0.1) is 18.2 Å². The summed E-state index contributed by atoms with van der Waals surface area (Å²) in [4.78, 5) is 25.3. The van der Waals surface area contributed by atoms with Crippen molar-refractivity contribution in [3.05, 3.63) is 11.6 Å². The van der Waals surface area contributed by atoms with Crippen LogP contribution in [0, 0.1) is 50.2 Å². The molecule has 0 aromatic heterocycles. The molecule has 39 heavy (non-hydrogen) atoms. The van der Waals surface area contributed by atoms with Crippen LogP contribution in [0.15, 0.2) is 16.8 Å². The summed E-state index contributed by atoms with van der Waals surface area (Å²) in [5.74, 6) is 0.692. The number of methoxy groups -OCH3 is 1. The number of allylic oxidation sites excluding steroid dienone is 2. The van der Waals surface area contributed by atoms with Crippen LogP contribution >= 0.6 is 0 Å². The first kappa shape index (κ1) is 28.7. The maximum atomic E-state index is 13.4. The molecule has 218 valence electrons. The van der Waals surface area contributed by atoms with Gasteiger partial charge in [0.15, 0.2) is 0 Å². The van der Waals surface area contributed by atoms with E-state index in [0.29, 0.717) is 5.92 Å². The fourth-order valence-corrected chi connectivity index (χ4v) is 11.0. The first-order valence-corrected chi connectivity index (χ1v) is 15.3. The molecule has 5 aliphatic rings. The van der Waals surface area contributed by atoms with Gasteiger partial charge < -0.3 is 14.7 Å². The summed E-state index contributed by atoms with van der Waals surface area (Å²) >= 11 is 0. The predicted octanol–water partition coefficient (Wildman–Crippen LogP) is 7.33. The van der Waals surface area contributed by atoms with Crippen molar-refractivity contribution in [3.63, 3.8) is 0 Å². The molecule has 3 unspecified atom stereocenters. The first-order valence-electron chi connectivity index (χ1n) is 15.3. The van der Waals surface area contributed by atoms with Gasteiger partial charge in [-0.05, 0) is 104 Å². The van der Waals surface area contributed by atoms with Gasteiger partial charge in [-0.15, -0.1) is 0 Å². The van der Waals surface area contributed by atoms with Gasteiger partial charge in [-0.25, -0.2) is 0 Å². The van der Waals surface area contributed by atoms with Crippen molar-refractivity contribution >= 4 is 17.7 Å². The zero-order chi connectivity index (χ0) is 28.6. The topological polar surface area (TPSA) is 85.2 Å². The average molecular weight is 542 g/mol. The molecule has 0 spiro atoms. The smallest absolute Gasteiger partial charge is 0.312 e. The number of carbonyl (C=O) groups excluding carboxylic acids is 2. The van der Waals surface area contributed by atoms with E-state index in [-0.39, 0.29) is 57.5 Å². The molecule has 1 N–H and O–H groups in total. The average Bonchev–Trinajstić information content (AvgIpc) is 2.87. The highest BCUT2D eigenvalue weighted by Crippen LogP contribution is 2.75. The molecule has 5 rings (SSSR count). The van der Waals surface area contributed by atoms with Gasteiger partial charge in [-0.3, -0.25) is 9.59 Å². The Balaban J connectivity index is 1.57. The number of rotatable bonds is 3. The fraction of sp³-hybridized carbons (Fsp3) is 0.848. The van der Waals surface area contributed by atoms with Gasteiger partial charge in [-0.1, -0.05) is 58.3 Å². The minimum Gasteiger partial charge on any atom is -0.469 e. The lowest BCUT2D eigenvalue weighted by Crippen LogP contribution is -2.65. The van der Waals surface area contributed by atoms with Crippen LogP contribution in [0.1, 0.15) is 113 Å². The van der Waals surface area contributed by atoms with Gasteiger partial charge >= 0.3 is 11.9 Å². The number of carbonyl (C=O) groups is 2. The number of oxime groups is 1. The second-order valence-corrected chi connectivity index (χ2v) is 15.6. The van der Waals surface area contributed by atoms with Crippen molar-refractivity contribution in [1.82, 2.24) is 0 Å². The minimum atomic E-state index is -0.473. The molecule has 8 atom stereocenters. The number of esters is 2. The lowest BCUT2D eigenvalue weighted by Gasteiger charge is -2.70. The van der Waals surface area contributed by atoms with Crippen molar-refractivity contribution < 1.29 is 24.3 Å². The summed E-state index contributed by atoms with van der Waals surface area (Å²) in [5, 5.41) is 13.7. The van der Waals surface area contributed by atoms with Crippen molar-refractivity contribution in [2.24, 2.45) is 55.4 Å². The Morgan fingerprint density at radius 3 is 2.33 bits per heavy atom. The number of nitrogens with zero attached hydrogens (tertiary/aromatic N) is 1. The van der Waals surface area contributed by atoms with E-state index in [1.54, 1.807) is 7.11 Å². The Morgan fingerprint density at radius 1 is 1.00 bits per heavy atom. The van der Waals surface area contributed by atoms with Gasteiger partial charge in [0.25, 0.3) is 0 Å². The zero-order valence-corrected chi connectivity index (χ0v) is 25.6. The van der Waals surface area contributed by atoms with Crippen LogP contribution in [0.25, 0.3) is 0 Å². The van der Waals surface area contributed by atoms with Gasteiger partial charge in [0.2, 0.25) is 0 Å². The molecule has 0 aliphatic heterocycles. The van der Waals surface area contributed by atoms with E-state index in [9.17, 15) is 14.8 Å². The highest BCUT2D eigenvalue weighted by molar-refractivity contribution is 5.91. The van der Waals surface area contributed by atoms with E-state index in [4.69, 9.17) is 9.47 Å². The summed E-state index contributed by atoms with van der Waals surface area (Å²) in [6.45, 7) is 16.1.